The van der Waals surface area contributed by atoms with Crippen LogP contribution in [0.25, 0.3) is 0 Å². The van der Waals surface area contributed by atoms with Gasteiger partial charge in [-0.25, -0.2) is 29.6 Å². The number of rotatable bonds is 9. The number of fused-ring (bicyclic) bond motifs is 4. The van der Waals surface area contributed by atoms with Crippen LogP contribution in [0.2, 0.25) is 0 Å². The Morgan fingerprint density at radius 3 is 2.00 bits per heavy atom. The molecule has 0 unspecified atom stereocenters. The van der Waals surface area contributed by atoms with Gasteiger partial charge in [-0.3, -0.25) is 14.4 Å². The summed E-state index contributed by atoms with van der Waals surface area (Å²) >= 11 is 0. The van der Waals surface area contributed by atoms with Crippen molar-refractivity contribution in [1.82, 2.24) is 13.3 Å². The van der Waals surface area contributed by atoms with Crippen molar-refractivity contribution in [3.05, 3.63) is 109 Å². The number of esters is 1. The van der Waals surface area contributed by atoms with Gasteiger partial charge >= 0.3 is 5.97 Å². The number of ether oxygens (including phenoxy) is 3. The summed E-state index contributed by atoms with van der Waals surface area (Å²) in [5.41, 5.74) is 6.12. The van der Waals surface area contributed by atoms with Gasteiger partial charge in [0.2, 0.25) is 0 Å². The molecule has 4 aromatic rings. The largest absolute Gasteiger partial charge is 0.465 e. The minimum absolute atomic E-state index is 0. The van der Waals surface area contributed by atoms with E-state index in [9.17, 15) is 36.0 Å². The summed E-state index contributed by atoms with van der Waals surface area (Å²) in [4.78, 5) is 48.1. The third-order valence-electron chi connectivity index (χ3n) is 7.70. The van der Waals surface area contributed by atoms with Crippen molar-refractivity contribution in [3.8, 4) is 0 Å². The van der Waals surface area contributed by atoms with Crippen molar-refractivity contribution in [2.24, 2.45) is 5.73 Å². The fourth-order valence-corrected chi connectivity index (χ4v) is 8.20. The van der Waals surface area contributed by atoms with Crippen LogP contribution in [0, 0.1) is 7.43 Å². The first-order valence-corrected chi connectivity index (χ1v) is 18.7. The molecule has 6 rings (SSSR count). The predicted molar refractivity (Wildman–Crippen MR) is 195 cm³/mol. The van der Waals surface area contributed by atoms with E-state index in [1.54, 1.807) is 14.2 Å². The number of nitrogens with one attached hydrogen (secondary N) is 2. The van der Waals surface area contributed by atoms with Crippen molar-refractivity contribution in [2.45, 2.75) is 29.1 Å². The van der Waals surface area contributed by atoms with E-state index in [0.29, 0.717) is 30.7 Å². The quantitative estimate of drug-likeness (QED) is 0.125. The molecule has 0 saturated heterocycles. The van der Waals surface area contributed by atoms with Crippen LogP contribution in [0.3, 0.4) is 0 Å². The molecule has 2 aromatic carbocycles. The van der Waals surface area contributed by atoms with Crippen molar-refractivity contribution in [1.29, 1.82) is 0 Å². The number of carbonyl (C=O) groups is 4. The Bertz CT molecular complexity index is 2180. The van der Waals surface area contributed by atoms with Crippen LogP contribution in [-0.2, 0) is 61.7 Å². The number of carbonyl (C=O) groups excluding carboxylic acids is 4. The van der Waals surface area contributed by atoms with E-state index in [0.717, 1.165) is 27.5 Å². The number of aromatic nitrogens is 2. The maximum absolute atomic E-state index is 12.7. The van der Waals surface area contributed by atoms with Gasteiger partial charge in [-0.1, -0.05) is 0 Å². The summed E-state index contributed by atoms with van der Waals surface area (Å²) in [5.74, 6) is -1.80. The second-order valence-electron chi connectivity index (χ2n) is 11.2. The van der Waals surface area contributed by atoms with Gasteiger partial charge in [0.25, 0.3) is 31.9 Å². The molecule has 292 valence electrons. The van der Waals surface area contributed by atoms with Gasteiger partial charge in [0, 0.05) is 79.4 Å². The van der Waals surface area contributed by atoms with E-state index < -0.39 is 31.9 Å². The van der Waals surface area contributed by atoms with E-state index in [1.807, 2.05) is 0 Å². The monoisotopic (exact) mass is 956 g/mol. The molecule has 0 bridgehead atoms. The van der Waals surface area contributed by atoms with Gasteiger partial charge in [-0.2, -0.15) is 0 Å². The Morgan fingerprint density at radius 1 is 0.815 bits per heavy atom. The van der Waals surface area contributed by atoms with Crippen molar-refractivity contribution >= 4 is 49.3 Å². The van der Waals surface area contributed by atoms with Crippen molar-refractivity contribution in [3.63, 3.8) is 0 Å². The summed E-state index contributed by atoms with van der Waals surface area (Å²) in [6.07, 6.45) is 4.23. The van der Waals surface area contributed by atoms with Crippen LogP contribution in [0.5, 0.6) is 0 Å². The Balaban J connectivity index is 0.000000318. The van der Waals surface area contributed by atoms with Crippen LogP contribution < -0.4 is 16.4 Å². The number of hydrogen-bond donors (Lipinski definition) is 3. The number of benzene rings is 2. The van der Waals surface area contributed by atoms with Gasteiger partial charge in [-0.15, -0.1) is 0 Å². The van der Waals surface area contributed by atoms with E-state index >= 15 is 0 Å². The maximum Gasteiger partial charge on any atom is 0.337 e. The zero-order valence-electron chi connectivity index (χ0n) is 30.1. The number of methoxy groups -OCH3 is 3. The molecule has 0 saturated carbocycles. The minimum atomic E-state index is -3.90. The van der Waals surface area contributed by atoms with Gasteiger partial charge in [0.15, 0.2) is 5.78 Å². The predicted octanol–water partition coefficient (Wildman–Crippen LogP) is 2.74. The zero-order chi connectivity index (χ0) is 38.1. The topological polar surface area (TPSA) is 224 Å². The van der Waals surface area contributed by atoms with Crippen LogP contribution >= 0.6 is 0 Å². The number of ketones is 1. The standard InChI is InChI=1S/C17H18N2O5S.C13H10N2O5S.C4H11NO.CH3.W/c1-24-9-3-7-18-17(21)12-5-6-16-13(10-12)11-15(20)14-4-2-8-19(14)25(16,22)23;1-20-13(17)8-4-5-11-9(7-8)14-12(16)10-3-2-6-15(10)21(11,18)19;1-6-4-2-3-5;;/h2,4-6,8,10H,3,7,9,11H2,1H3,(H,18,21);2-7H,1H3,(H,14,16);2-5H2,1H3;1H3;/q;;;-1;. The molecule has 0 fully saturated rings. The number of nitrogens with zero attached hydrogens (tertiary/aromatic N) is 2. The van der Waals surface area contributed by atoms with E-state index in [1.165, 1.54) is 80.2 Å². The maximum atomic E-state index is 12.7. The molecule has 0 radical (unpaired) electrons. The molecule has 4 heterocycles. The molecule has 0 spiro atoms. The third kappa shape index (κ3) is 10.2. The molecule has 2 amide bonds. The molecule has 16 nitrogen and oxygen atoms in total. The zero-order valence-corrected chi connectivity index (χ0v) is 34.6. The molecular weight excluding hydrogens is 914 g/mol. The van der Waals surface area contributed by atoms with Crippen LogP contribution in [0.15, 0.2) is 82.8 Å². The van der Waals surface area contributed by atoms with Gasteiger partial charge in [0.1, 0.15) is 16.3 Å². The normalized spacial score (nSPS) is 14.0. The average molecular weight is 957 g/mol. The number of anilines is 1. The van der Waals surface area contributed by atoms with E-state index in [2.05, 4.69) is 15.4 Å². The summed E-state index contributed by atoms with van der Waals surface area (Å²) < 4.78 is 66.6. The summed E-state index contributed by atoms with van der Waals surface area (Å²) in [6, 6.07) is 14.1. The molecule has 4 N–H and O–H groups in total. The fraction of sp³-hybridized carbons (Fsp3) is 0.286. The van der Waals surface area contributed by atoms with E-state index in [4.69, 9.17) is 15.2 Å². The first-order chi connectivity index (χ1) is 24.8. The Kier molecular flexibility index (Phi) is 17.2. The van der Waals surface area contributed by atoms with Crippen molar-refractivity contribution < 1.29 is 71.3 Å². The molecule has 0 atom stereocenters. The SMILES string of the molecule is COC(=O)c1ccc2c(c1)NC(=O)c1cccn1S2(=O)=O.COCCCN.COCCCNC(=O)c1ccc2c(c1)CC(=O)c1cccn1S2(=O)=O.[CH3-].[W]. The van der Waals surface area contributed by atoms with E-state index in [-0.39, 0.29) is 79.0 Å². The smallest absolute Gasteiger partial charge is 0.337 e. The summed E-state index contributed by atoms with van der Waals surface area (Å²) in [5, 5.41) is 5.23. The number of nitrogens with two attached hydrogens (primary N) is 1. The number of amides is 2. The second kappa shape index (κ2) is 20.3. The Morgan fingerprint density at radius 2 is 1.39 bits per heavy atom. The van der Waals surface area contributed by atoms with Crippen LogP contribution in [0.1, 0.15) is 60.1 Å². The molecule has 54 heavy (non-hydrogen) atoms. The van der Waals surface area contributed by atoms with Crippen LogP contribution in [0.4, 0.5) is 5.69 Å². The molecule has 0 aliphatic carbocycles. The average Bonchev–Trinajstić information content (AvgIpc) is 3.82. The van der Waals surface area contributed by atoms with Gasteiger partial charge in [0.05, 0.1) is 23.3 Å². The Labute approximate surface area is 328 Å². The molecular formula is C35H42N5O11S2W-. The first kappa shape index (κ1) is 45.7. The van der Waals surface area contributed by atoms with Gasteiger partial charge < -0.3 is 38.0 Å². The second-order valence-corrected chi connectivity index (χ2v) is 14.8. The summed E-state index contributed by atoms with van der Waals surface area (Å²) in [6.45, 7) is 2.51. The van der Waals surface area contributed by atoms with Crippen LogP contribution in [-0.4, -0.2) is 96.0 Å². The third-order valence-corrected chi connectivity index (χ3v) is 11.2. The number of Topliss-reactive ketones (excluding diaryl/α,β-unsaturated/α-hetero) is 1. The first-order valence-electron chi connectivity index (χ1n) is 15.8. The summed E-state index contributed by atoms with van der Waals surface area (Å²) in [7, 11) is -3.26. The molecule has 2 aromatic heterocycles. The van der Waals surface area contributed by atoms with Crippen molar-refractivity contribution in [2.75, 3.05) is 52.9 Å². The number of hydrogen-bond acceptors (Lipinski definition) is 12. The Hall–Kier alpha value is -4.45. The molecule has 2 aliphatic heterocycles. The fourth-order valence-electron chi connectivity index (χ4n) is 5.16. The minimum Gasteiger partial charge on any atom is -0.465 e. The molecule has 19 heteroatoms. The van der Waals surface area contributed by atoms with Gasteiger partial charge in [-0.05, 0) is 85.6 Å². The molecule has 2 aliphatic rings.